The van der Waals surface area contributed by atoms with E-state index in [0.29, 0.717) is 23.1 Å². The van der Waals surface area contributed by atoms with Crippen molar-refractivity contribution < 1.29 is 14.3 Å². The van der Waals surface area contributed by atoms with Gasteiger partial charge in [-0.3, -0.25) is 9.59 Å². The highest BCUT2D eigenvalue weighted by molar-refractivity contribution is 5.98. The van der Waals surface area contributed by atoms with Gasteiger partial charge < -0.3 is 15.0 Å². The van der Waals surface area contributed by atoms with Crippen LogP contribution in [0.2, 0.25) is 0 Å². The van der Waals surface area contributed by atoms with Crippen LogP contribution < -0.4 is 5.32 Å². The van der Waals surface area contributed by atoms with Crippen molar-refractivity contribution in [1.82, 2.24) is 4.90 Å². The fourth-order valence-corrected chi connectivity index (χ4v) is 4.51. The maximum absolute atomic E-state index is 13.0. The third kappa shape index (κ3) is 5.57. The fraction of sp³-hybridized carbons (Fsp3) is 0.652. The SMILES string of the molecule is Cc1ccc(C(=O)N2CC(C)CC(C)C2)cc1NC(=O)COC1CCCCC1. The number of amides is 2. The number of carbonyl (C=O) groups is 2. The van der Waals surface area contributed by atoms with E-state index in [1.807, 2.05) is 24.0 Å². The van der Waals surface area contributed by atoms with Crippen molar-refractivity contribution in [2.24, 2.45) is 11.8 Å². The molecule has 5 heteroatoms. The Kier molecular flexibility index (Phi) is 7.11. The molecule has 2 fully saturated rings. The van der Waals surface area contributed by atoms with E-state index < -0.39 is 0 Å². The summed E-state index contributed by atoms with van der Waals surface area (Å²) in [5.74, 6) is 0.939. The van der Waals surface area contributed by atoms with E-state index in [4.69, 9.17) is 4.74 Å². The molecule has 2 unspecified atom stereocenters. The molecule has 1 saturated carbocycles. The number of hydrogen-bond acceptors (Lipinski definition) is 3. The van der Waals surface area contributed by atoms with Gasteiger partial charge in [0.25, 0.3) is 5.91 Å². The number of benzene rings is 1. The Morgan fingerprint density at radius 3 is 2.46 bits per heavy atom. The lowest BCUT2D eigenvalue weighted by Gasteiger charge is -2.35. The first-order valence-electron chi connectivity index (χ1n) is 10.7. The van der Waals surface area contributed by atoms with Crippen LogP contribution in [0.5, 0.6) is 0 Å². The number of rotatable bonds is 5. The molecule has 0 bridgehead atoms. The van der Waals surface area contributed by atoms with Crippen LogP contribution in [0.25, 0.3) is 0 Å². The molecule has 2 atom stereocenters. The van der Waals surface area contributed by atoms with Gasteiger partial charge in [-0.1, -0.05) is 39.2 Å². The van der Waals surface area contributed by atoms with Crippen molar-refractivity contribution in [2.45, 2.75) is 65.4 Å². The van der Waals surface area contributed by atoms with Crippen molar-refractivity contribution in [3.63, 3.8) is 0 Å². The van der Waals surface area contributed by atoms with Gasteiger partial charge in [0.05, 0.1) is 6.10 Å². The van der Waals surface area contributed by atoms with Crippen LogP contribution in [0.3, 0.4) is 0 Å². The summed E-state index contributed by atoms with van der Waals surface area (Å²) in [5.41, 5.74) is 2.28. The third-order valence-electron chi connectivity index (χ3n) is 5.92. The average molecular weight is 387 g/mol. The molecule has 2 aliphatic rings. The van der Waals surface area contributed by atoms with Gasteiger partial charge in [-0.05, 0) is 55.7 Å². The van der Waals surface area contributed by atoms with Gasteiger partial charge in [-0.15, -0.1) is 0 Å². The van der Waals surface area contributed by atoms with Crippen LogP contribution in [-0.2, 0) is 9.53 Å². The molecular weight excluding hydrogens is 352 g/mol. The number of nitrogens with zero attached hydrogens (tertiary/aromatic N) is 1. The third-order valence-corrected chi connectivity index (χ3v) is 5.92. The van der Waals surface area contributed by atoms with Crippen molar-refractivity contribution >= 4 is 17.5 Å². The van der Waals surface area contributed by atoms with Crippen LogP contribution >= 0.6 is 0 Å². The molecule has 1 aliphatic carbocycles. The second-order valence-electron chi connectivity index (χ2n) is 8.81. The summed E-state index contributed by atoms with van der Waals surface area (Å²) in [6, 6.07) is 5.57. The molecule has 0 aromatic heterocycles. The molecule has 1 saturated heterocycles. The van der Waals surface area contributed by atoms with Crippen molar-refractivity contribution in [1.29, 1.82) is 0 Å². The maximum atomic E-state index is 13.0. The lowest BCUT2D eigenvalue weighted by molar-refractivity contribution is -0.123. The zero-order valence-corrected chi connectivity index (χ0v) is 17.5. The predicted octanol–water partition coefficient (Wildman–Crippen LogP) is 4.40. The molecule has 1 aromatic rings. The van der Waals surface area contributed by atoms with Crippen LogP contribution in [0.1, 0.15) is 68.3 Å². The fourth-order valence-electron chi connectivity index (χ4n) is 4.51. The summed E-state index contributed by atoms with van der Waals surface area (Å²) < 4.78 is 5.77. The van der Waals surface area contributed by atoms with Gasteiger partial charge in [-0.25, -0.2) is 0 Å². The zero-order chi connectivity index (χ0) is 20.1. The Hall–Kier alpha value is -1.88. The molecule has 0 radical (unpaired) electrons. The van der Waals surface area contributed by atoms with Crippen LogP contribution in [0.15, 0.2) is 18.2 Å². The van der Waals surface area contributed by atoms with Gasteiger partial charge in [0.15, 0.2) is 0 Å². The number of nitrogens with one attached hydrogen (secondary N) is 1. The number of hydrogen-bond donors (Lipinski definition) is 1. The Balaban J connectivity index is 1.60. The second kappa shape index (κ2) is 9.55. The quantitative estimate of drug-likeness (QED) is 0.816. The highest BCUT2D eigenvalue weighted by atomic mass is 16.5. The Morgan fingerprint density at radius 2 is 1.79 bits per heavy atom. The first-order valence-corrected chi connectivity index (χ1v) is 10.7. The van der Waals surface area contributed by atoms with Crippen LogP contribution in [0, 0.1) is 18.8 Å². The molecule has 28 heavy (non-hydrogen) atoms. The van der Waals surface area contributed by atoms with E-state index in [1.54, 1.807) is 6.07 Å². The van der Waals surface area contributed by atoms with Crippen LogP contribution in [0.4, 0.5) is 5.69 Å². The van der Waals surface area contributed by atoms with Gasteiger partial charge in [0.2, 0.25) is 5.91 Å². The smallest absolute Gasteiger partial charge is 0.253 e. The highest BCUT2D eigenvalue weighted by Gasteiger charge is 2.26. The summed E-state index contributed by atoms with van der Waals surface area (Å²) >= 11 is 0. The van der Waals surface area contributed by atoms with E-state index in [2.05, 4.69) is 19.2 Å². The van der Waals surface area contributed by atoms with E-state index >= 15 is 0 Å². The summed E-state index contributed by atoms with van der Waals surface area (Å²) in [4.78, 5) is 27.3. The minimum Gasteiger partial charge on any atom is -0.368 e. The van der Waals surface area contributed by atoms with E-state index in [1.165, 1.54) is 25.7 Å². The topological polar surface area (TPSA) is 58.6 Å². The maximum Gasteiger partial charge on any atom is 0.253 e. The second-order valence-corrected chi connectivity index (χ2v) is 8.81. The van der Waals surface area contributed by atoms with Gasteiger partial charge in [0.1, 0.15) is 6.61 Å². The van der Waals surface area contributed by atoms with Crippen molar-refractivity contribution in [3.05, 3.63) is 29.3 Å². The highest BCUT2D eigenvalue weighted by Crippen LogP contribution is 2.25. The standard InChI is InChI=1S/C23H34N2O3/c1-16-11-17(2)14-25(13-16)23(27)19-10-9-18(3)21(12-19)24-22(26)15-28-20-7-5-4-6-8-20/h9-10,12,16-17,20H,4-8,11,13-15H2,1-3H3,(H,24,26). The molecule has 1 heterocycles. The molecular formula is C23H34N2O3. The first-order chi connectivity index (χ1) is 13.4. The van der Waals surface area contributed by atoms with Gasteiger partial charge in [-0.2, -0.15) is 0 Å². The normalized spacial score (nSPS) is 23.5. The molecule has 3 rings (SSSR count). The van der Waals surface area contributed by atoms with E-state index in [0.717, 1.165) is 31.5 Å². The van der Waals surface area contributed by atoms with Crippen molar-refractivity contribution in [2.75, 3.05) is 25.0 Å². The molecule has 1 aliphatic heterocycles. The Labute approximate surface area is 168 Å². The van der Waals surface area contributed by atoms with Crippen molar-refractivity contribution in [3.8, 4) is 0 Å². The largest absolute Gasteiger partial charge is 0.368 e. The molecule has 2 amide bonds. The number of aryl methyl sites for hydroxylation is 1. The molecule has 1 N–H and O–H groups in total. The Morgan fingerprint density at radius 1 is 1.11 bits per heavy atom. The number of ether oxygens (including phenoxy) is 1. The predicted molar refractivity (Wildman–Crippen MR) is 111 cm³/mol. The lowest BCUT2D eigenvalue weighted by atomic mass is 9.91. The lowest BCUT2D eigenvalue weighted by Crippen LogP contribution is -2.42. The molecule has 1 aromatic carbocycles. The van der Waals surface area contributed by atoms with E-state index in [-0.39, 0.29) is 24.5 Å². The molecule has 5 nitrogen and oxygen atoms in total. The molecule has 0 spiro atoms. The minimum absolute atomic E-state index is 0.0485. The number of anilines is 1. The molecule has 154 valence electrons. The summed E-state index contributed by atoms with van der Waals surface area (Å²) in [6.07, 6.45) is 7.09. The van der Waals surface area contributed by atoms with Gasteiger partial charge >= 0.3 is 0 Å². The summed E-state index contributed by atoms with van der Waals surface area (Å²) in [5, 5.41) is 2.93. The number of carbonyl (C=O) groups excluding carboxylic acids is 2. The van der Waals surface area contributed by atoms with Crippen LogP contribution in [-0.4, -0.2) is 42.5 Å². The van der Waals surface area contributed by atoms with Gasteiger partial charge in [0, 0.05) is 24.3 Å². The minimum atomic E-state index is -0.154. The van der Waals surface area contributed by atoms with E-state index in [9.17, 15) is 9.59 Å². The average Bonchev–Trinajstić information content (AvgIpc) is 2.67. The number of piperidine rings is 1. The summed E-state index contributed by atoms with van der Waals surface area (Å²) in [7, 11) is 0. The first kappa shape index (κ1) is 20.8. The monoisotopic (exact) mass is 386 g/mol. The number of likely N-dealkylation sites (tertiary alicyclic amines) is 1. The Bertz CT molecular complexity index is 687. The summed E-state index contributed by atoms with van der Waals surface area (Å²) in [6.45, 7) is 8.01. The zero-order valence-electron chi connectivity index (χ0n) is 17.5.